The maximum atomic E-state index is 12.4. The first-order valence-corrected chi connectivity index (χ1v) is 9.43. The van der Waals surface area contributed by atoms with Crippen molar-refractivity contribution < 1.29 is 4.79 Å². The number of halogens is 2. The molecule has 2 aromatic rings. The van der Waals surface area contributed by atoms with E-state index >= 15 is 0 Å². The number of benzene rings is 1. The molecule has 0 aliphatic rings. The summed E-state index contributed by atoms with van der Waals surface area (Å²) < 4.78 is 2.73. The Morgan fingerprint density at radius 1 is 1.25 bits per heavy atom. The van der Waals surface area contributed by atoms with Crippen LogP contribution in [0.1, 0.15) is 17.8 Å². The van der Waals surface area contributed by atoms with Gasteiger partial charge in [-0.1, -0.05) is 34.1 Å². The van der Waals surface area contributed by atoms with Gasteiger partial charge in [0.2, 0.25) is 5.91 Å². The molecule has 28 heavy (non-hydrogen) atoms. The standard InChI is InChI=1S/C18H26BrN7O.HI/c1-20-18(25(3)12-16-22-13-23-26(16)4)21-10-9-17(27)24(2)11-14-7-5-6-8-15(14)19;/h5-8,13H,9-12H2,1-4H3,(H,20,21);1H. The third-order valence-electron chi connectivity index (χ3n) is 4.17. The fourth-order valence-electron chi connectivity index (χ4n) is 2.58. The highest BCUT2D eigenvalue weighted by Gasteiger charge is 2.13. The zero-order valence-electron chi connectivity index (χ0n) is 16.6. The second kappa shape index (κ2) is 12.0. The molecule has 0 unspecified atom stereocenters. The van der Waals surface area contributed by atoms with Gasteiger partial charge in [-0.25, -0.2) is 4.98 Å². The molecule has 1 N–H and O–H groups in total. The second-order valence-electron chi connectivity index (χ2n) is 6.22. The number of carbonyl (C=O) groups excluding carboxylic acids is 1. The van der Waals surface area contributed by atoms with E-state index in [-0.39, 0.29) is 29.9 Å². The topological polar surface area (TPSA) is 78.7 Å². The number of hydrogen-bond donors (Lipinski definition) is 1. The Bertz CT molecular complexity index is 796. The van der Waals surface area contributed by atoms with Crippen LogP contribution in [0.4, 0.5) is 0 Å². The second-order valence-corrected chi connectivity index (χ2v) is 7.08. The van der Waals surface area contributed by atoms with E-state index in [9.17, 15) is 4.79 Å². The number of guanidine groups is 1. The summed E-state index contributed by atoms with van der Waals surface area (Å²) in [4.78, 5) is 24.5. The van der Waals surface area contributed by atoms with Crippen molar-refractivity contribution in [3.8, 4) is 0 Å². The van der Waals surface area contributed by atoms with Gasteiger partial charge in [-0.2, -0.15) is 5.10 Å². The SMILES string of the molecule is CN=C(NCCC(=O)N(C)Cc1ccccc1Br)N(C)Cc1ncnn1C.I. The molecule has 1 aromatic carbocycles. The Balaban J connectivity index is 0.00000392. The predicted octanol–water partition coefficient (Wildman–Crippen LogP) is 2.25. The lowest BCUT2D eigenvalue weighted by Gasteiger charge is -2.22. The number of hydrogen-bond acceptors (Lipinski definition) is 4. The van der Waals surface area contributed by atoms with Crippen LogP contribution >= 0.6 is 39.9 Å². The quantitative estimate of drug-likeness (QED) is 0.318. The fourth-order valence-corrected chi connectivity index (χ4v) is 2.99. The lowest BCUT2D eigenvalue weighted by molar-refractivity contribution is -0.130. The molecule has 0 saturated carbocycles. The molecule has 0 atom stereocenters. The fraction of sp³-hybridized carbons (Fsp3) is 0.444. The van der Waals surface area contributed by atoms with Crippen molar-refractivity contribution in [2.45, 2.75) is 19.5 Å². The number of rotatable bonds is 7. The van der Waals surface area contributed by atoms with Crippen LogP contribution < -0.4 is 5.32 Å². The van der Waals surface area contributed by atoms with Crippen LogP contribution in [0.15, 0.2) is 40.1 Å². The van der Waals surface area contributed by atoms with Crippen molar-refractivity contribution in [1.29, 1.82) is 0 Å². The normalized spacial score (nSPS) is 11.0. The van der Waals surface area contributed by atoms with E-state index in [1.54, 1.807) is 16.6 Å². The molecule has 1 aromatic heterocycles. The average Bonchev–Trinajstić information content (AvgIpc) is 3.05. The zero-order valence-corrected chi connectivity index (χ0v) is 20.5. The molecule has 1 amide bonds. The molecule has 1 heterocycles. The van der Waals surface area contributed by atoms with E-state index in [2.05, 4.69) is 36.3 Å². The van der Waals surface area contributed by atoms with Gasteiger partial charge in [0, 0.05) is 52.2 Å². The molecule has 0 aliphatic carbocycles. The highest BCUT2D eigenvalue weighted by Crippen LogP contribution is 2.17. The van der Waals surface area contributed by atoms with Crippen LogP contribution in [0.2, 0.25) is 0 Å². The van der Waals surface area contributed by atoms with Crippen LogP contribution in [0.25, 0.3) is 0 Å². The van der Waals surface area contributed by atoms with Crippen LogP contribution in [-0.4, -0.2) is 64.1 Å². The van der Waals surface area contributed by atoms with Gasteiger partial charge >= 0.3 is 0 Å². The number of amides is 1. The highest BCUT2D eigenvalue weighted by molar-refractivity contribution is 14.0. The number of aryl methyl sites for hydroxylation is 1. The average molecular weight is 564 g/mol. The summed E-state index contributed by atoms with van der Waals surface area (Å²) in [6, 6.07) is 7.92. The highest BCUT2D eigenvalue weighted by atomic mass is 127. The van der Waals surface area contributed by atoms with Crippen LogP contribution in [-0.2, 0) is 24.9 Å². The van der Waals surface area contributed by atoms with Crippen molar-refractivity contribution in [3.05, 3.63) is 46.5 Å². The first kappa shape index (κ1) is 24.3. The van der Waals surface area contributed by atoms with E-state index in [1.807, 2.05) is 50.3 Å². The number of nitrogens with zero attached hydrogens (tertiary/aromatic N) is 6. The summed E-state index contributed by atoms with van der Waals surface area (Å²) in [6.07, 6.45) is 1.91. The molecule has 154 valence electrons. The molecule has 2 rings (SSSR count). The molecule has 0 saturated heterocycles. The van der Waals surface area contributed by atoms with Gasteiger partial charge in [0.15, 0.2) is 5.96 Å². The molecule has 0 fully saturated rings. The zero-order chi connectivity index (χ0) is 19.8. The third kappa shape index (κ3) is 7.04. The molecule has 0 spiro atoms. The van der Waals surface area contributed by atoms with Gasteiger partial charge in [-0.3, -0.25) is 14.5 Å². The molecule has 0 aliphatic heterocycles. The smallest absolute Gasteiger partial charge is 0.224 e. The number of aliphatic imine (C=N–C) groups is 1. The van der Waals surface area contributed by atoms with Crippen molar-refractivity contribution >= 4 is 51.8 Å². The lowest BCUT2D eigenvalue weighted by Crippen LogP contribution is -2.40. The first-order chi connectivity index (χ1) is 12.9. The lowest BCUT2D eigenvalue weighted by atomic mass is 10.2. The van der Waals surface area contributed by atoms with Gasteiger partial charge in [-0.15, -0.1) is 24.0 Å². The molecule has 10 heteroatoms. The van der Waals surface area contributed by atoms with E-state index in [4.69, 9.17) is 0 Å². The summed E-state index contributed by atoms with van der Waals surface area (Å²) in [5.41, 5.74) is 1.08. The summed E-state index contributed by atoms with van der Waals surface area (Å²) >= 11 is 3.52. The van der Waals surface area contributed by atoms with E-state index < -0.39 is 0 Å². The minimum atomic E-state index is 0. The number of aromatic nitrogens is 3. The molecular weight excluding hydrogens is 537 g/mol. The van der Waals surface area contributed by atoms with E-state index in [0.717, 1.165) is 15.9 Å². The van der Waals surface area contributed by atoms with Gasteiger partial charge < -0.3 is 15.1 Å². The van der Waals surface area contributed by atoms with Crippen molar-refractivity contribution in [2.24, 2.45) is 12.0 Å². The molecule has 0 bridgehead atoms. The number of nitrogens with one attached hydrogen (secondary N) is 1. The van der Waals surface area contributed by atoms with Gasteiger partial charge in [0.05, 0.1) is 6.54 Å². The number of carbonyl (C=O) groups is 1. The largest absolute Gasteiger partial charge is 0.356 e. The van der Waals surface area contributed by atoms with Gasteiger partial charge in [0.1, 0.15) is 12.2 Å². The van der Waals surface area contributed by atoms with Crippen LogP contribution in [0.3, 0.4) is 0 Å². The predicted molar refractivity (Wildman–Crippen MR) is 124 cm³/mol. The summed E-state index contributed by atoms with van der Waals surface area (Å²) in [5.74, 6) is 1.62. The summed E-state index contributed by atoms with van der Waals surface area (Å²) in [6.45, 7) is 1.65. The first-order valence-electron chi connectivity index (χ1n) is 8.64. The van der Waals surface area contributed by atoms with Crippen molar-refractivity contribution in [1.82, 2.24) is 29.9 Å². The molecular formula is C18H27BrIN7O. The Hall–Kier alpha value is -1.69. The van der Waals surface area contributed by atoms with Crippen LogP contribution in [0, 0.1) is 0 Å². The summed E-state index contributed by atoms with van der Waals surface area (Å²) in [5, 5.41) is 7.29. The Morgan fingerprint density at radius 2 is 1.96 bits per heavy atom. The minimum Gasteiger partial charge on any atom is -0.356 e. The van der Waals surface area contributed by atoms with E-state index in [0.29, 0.717) is 32.0 Å². The van der Waals surface area contributed by atoms with Gasteiger partial charge in [0.25, 0.3) is 0 Å². The van der Waals surface area contributed by atoms with Crippen LogP contribution in [0.5, 0.6) is 0 Å². The maximum Gasteiger partial charge on any atom is 0.224 e. The van der Waals surface area contributed by atoms with Crippen molar-refractivity contribution in [3.63, 3.8) is 0 Å². The van der Waals surface area contributed by atoms with Gasteiger partial charge in [-0.05, 0) is 11.6 Å². The van der Waals surface area contributed by atoms with Crippen molar-refractivity contribution in [2.75, 3.05) is 27.7 Å². The minimum absolute atomic E-state index is 0. The van der Waals surface area contributed by atoms with E-state index in [1.165, 1.54) is 6.33 Å². The Labute approximate surface area is 191 Å². The maximum absolute atomic E-state index is 12.4. The Kier molecular flexibility index (Phi) is 10.4. The Morgan fingerprint density at radius 3 is 2.57 bits per heavy atom. The monoisotopic (exact) mass is 563 g/mol. The third-order valence-corrected chi connectivity index (χ3v) is 4.94. The molecule has 8 nitrogen and oxygen atoms in total. The summed E-state index contributed by atoms with van der Waals surface area (Å²) in [7, 11) is 7.31. The molecule has 0 radical (unpaired) electrons.